The van der Waals surface area contributed by atoms with Crippen LogP contribution < -0.4 is 5.32 Å². The zero-order chi connectivity index (χ0) is 20.9. The van der Waals surface area contributed by atoms with Gasteiger partial charge in [0.25, 0.3) is 0 Å². The maximum absolute atomic E-state index is 12.5. The summed E-state index contributed by atoms with van der Waals surface area (Å²) in [4.78, 5) is 16.6. The lowest BCUT2D eigenvalue weighted by Gasteiger charge is -2.11. The number of nitrogens with one attached hydrogen (secondary N) is 1. The summed E-state index contributed by atoms with van der Waals surface area (Å²) < 4.78 is 1.96. The van der Waals surface area contributed by atoms with Crippen LogP contribution in [0, 0.1) is 13.8 Å². The van der Waals surface area contributed by atoms with Crippen LogP contribution >= 0.6 is 11.8 Å². The standard InChI is InChI=1S/C23H21N5OS/c1-16-8-9-20(17(2)14-16)25-21(29)15-30-23-27-26-22(18-10-12-24-13-11-18)28(23)19-6-4-3-5-7-19/h3-14H,15H2,1-2H3,(H,25,29). The SMILES string of the molecule is Cc1ccc(NC(=O)CSc2nnc(-c3ccncc3)n2-c2ccccc2)c(C)c1. The molecule has 0 aliphatic carbocycles. The Kier molecular flexibility index (Phi) is 5.90. The minimum Gasteiger partial charge on any atom is -0.325 e. The number of pyridine rings is 1. The van der Waals surface area contributed by atoms with Crippen LogP contribution in [0.25, 0.3) is 17.1 Å². The van der Waals surface area contributed by atoms with Crippen molar-refractivity contribution in [2.75, 3.05) is 11.1 Å². The number of carbonyl (C=O) groups is 1. The van der Waals surface area contributed by atoms with Crippen LogP contribution in [-0.4, -0.2) is 31.4 Å². The largest absolute Gasteiger partial charge is 0.325 e. The number of aryl methyl sites for hydroxylation is 2. The minimum absolute atomic E-state index is 0.0833. The van der Waals surface area contributed by atoms with Gasteiger partial charge in [-0.1, -0.05) is 47.7 Å². The van der Waals surface area contributed by atoms with Crippen LogP contribution in [0.3, 0.4) is 0 Å². The van der Waals surface area contributed by atoms with Gasteiger partial charge < -0.3 is 5.32 Å². The molecule has 2 heterocycles. The molecule has 4 aromatic rings. The van der Waals surface area contributed by atoms with Gasteiger partial charge in [0, 0.05) is 29.3 Å². The van der Waals surface area contributed by atoms with Gasteiger partial charge >= 0.3 is 0 Å². The smallest absolute Gasteiger partial charge is 0.234 e. The quantitative estimate of drug-likeness (QED) is 0.463. The van der Waals surface area contributed by atoms with Crippen molar-refractivity contribution < 1.29 is 4.79 Å². The highest BCUT2D eigenvalue weighted by atomic mass is 32.2. The van der Waals surface area contributed by atoms with Gasteiger partial charge in [-0.2, -0.15) is 0 Å². The monoisotopic (exact) mass is 415 g/mol. The first kappa shape index (κ1) is 19.8. The second-order valence-corrected chi connectivity index (χ2v) is 7.81. The van der Waals surface area contributed by atoms with E-state index in [1.807, 2.05) is 73.0 Å². The molecule has 0 saturated carbocycles. The third-order valence-corrected chi connectivity index (χ3v) is 5.50. The van der Waals surface area contributed by atoms with Gasteiger partial charge in [-0.15, -0.1) is 10.2 Å². The number of aromatic nitrogens is 4. The van der Waals surface area contributed by atoms with Crippen LogP contribution in [0.4, 0.5) is 5.69 Å². The van der Waals surface area contributed by atoms with Gasteiger partial charge in [-0.25, -0.2) is 0 Å². The van der Waals surface area contributed by atoms with E-state index < -0.39 is 0 Å². The molecular weight excluding hydrogens is 394 g/mol. The van der Waals surface area contributed by atoms with E-state index in [0.29, 0.717) is 11.0 Å². The van der Waals surface area contributed by atoms with Crippen LogP contribution in [0.1, 0.15) is 11.1 Å². The van der Waals surface area contributed by atoms with Crippen molar-refractivity contribution in [3.8, 4) is 17.1 Å². The van der Waals surface area contributed by atoms with E-state index in [-0.39, 0.29) is 11.7 Å². The molecule has 0 unspecified atom stereocenters. The van der Waals surface area contributed by atoms with E-state index in [9.17, 15) is 4.79 Å². The lowest BCUT2D eigenvalue weighted by atomic mass is 10.1. The summed E-state index contributed by atoms with van der Waals surface area (Å²) in [7, 11) is 0. The zero-order valence-corrected chi connectivity index (χ0v) is 17.6. The molecule has 0 saturated heterocycles. The highest BCUT2D eigenvalue weighted by Gasteiger charge is 2.17. The second-order valence-electron chi connectivity index (χ2n) is 6.87. The Hall–Kier alpha value is -3.45. The summed E-state index contributed by atoms with van der Waals surface area (Å²) in [5.41, 5.74) is 4.88. The number of benzene rings is 2. The van der Waals surface area contributed by atoms with E-state index in [1.165, 1.54) is 17.3 Å². The number of rotatable bonds is 6. The predicted molar refractivity (Wildman–Crippen MR) is 120 cm³/mol. The van der Waals surface area contributed by atoms with Crippen LogP contribution in [0.2, 0.25) is 0 Å². The Morgan fingerprint density at radius 2 is 1.77 bits per heavy atom. The number of para-hydroxylation sites is 1. The Balaban J connectivity index is 1.57. The van der Waals surface area contributed by atoms with E-state index in [0.717, 1.165) is 22.5 Å². The first-order chi connectivity index (χ1) is 14.6. The molecule has 4 rings (SSSR count). The lowest BCUT2D eigenvalue weighted by Crippen LogP contribution is -2.15. The van der Waals surface area contributed by atoms with Crippen LogP contribution in [0.15, 0.2) is 78.2 Å². The third-order valence-electron chi connectivity index (χ3n) is 4.57. The van der Waals surface area contributed by atoms with Crippen molar-refractivity contribution in [2.24, 2.45) is 0 Å². The fourth-order valence-electron chi connectivity index (χ4n) is 3.13. The Morgan fingerprint density at radius 1 is 1.00 bits per heavy atom. The molecule has 150 valence electrons. The normalized spacial score (nSPS) is 10.7. The summed E-state index contributed by atoms with van der Waals surface area (Å²) in [5, 5.41) is 12.4. The molecule has 6 nitrogen and oxygen atoms in total. The average molecular weight is 416 g/mol. The molecule has 30 heavy (non-hydrogen) atoms. The summed E-state index contributed by atoms with van der Waals surface area (Å²) in [6.07, 6.45) is 3.45. The van der Waals surface area contributed by atoms with Crippen LogP contribution in [-0.2, 0) is 4.79 Å². The van der Waals surface area contributed by atoms with E-state index in [4.69, 9.17) is 0 Å². The van der Waals surface area contributed by atoms with Crippen molar-refractivity contribution in [3.63, 3.8) is 0 Å². The predicted octanol–water partition coefficient (Wildman–Crippen LogP) is 4.68. The summed E-state index contributed by atoms with van der Waals surface area (Å²) in [5.74, 6) is 0.857. The number of hydrogen-bond donors (Lipinski definition) is 1. The van der Waals surface area contributed by atoms with Gasteiger partial charge in [-0.3, -0.25) is 14.3 Å². The number of hydrogen-bond acceptors (Lipinski definition) is 5. The number of anilines is 1. The Labute approximate surface area is 179 Å². The first-order valence-electron chi connectivity index (χ1n) is 9.53. The van der Waals surface area contributed by atoms with E-state index in [2.05, 4.69) is 26.6 Å². The first-order valence-corrected chi connectivity index (χ1v) is 10.5. The number of carbonyl (C=O) groups excluding carboxylic acids is 1. The molecular formula is C23H21N5OS. The maximum atomic E-state index is 12.5. The summed E-state index contributed by atoms with van der Waals surface area (Å²) >= 11 is 1.36. The fraction of sp³-hybridized carbons (Fsp3) is 0.130. The molecule has 0 bridgehead atoms. The molecule has 1 amide bonds. The maximum Gasteiger partial charge on any atom is 0.234 e. The second kappa shape index (κ2) is 8.92. The minimum atomic E-state index is -0.0833. The molecule has 2 aromatic carbocycles. The molecule has 0 radical (unpaired) electrons. The molecule has 0 atom stereocenters. The molecule has 0 spiro atoms. The molecule has 0 aliphatic rings. The van der Waals surface area contributed by atoms with Crippen molar-refractivity contribution in [1.82, 2.24) is 19.7 Å². The average Bonchev–Trinajstić information content (AvgIpc) is 3.19. The van der Waals surface area contributed by atoms with Gasteiger partial charge in [-0.05, 0) is 49.7 Å². The van der Waals surface area contributed by atoms with Crippen molar-refractivity contribution in [3.05, 3.63) is 84.2 Å². The van der Waals surface area contributed by atoms with Gasteiger partial charge in [0.05, 0.1) is 5.75 Å². The summed E-state index contributed by atoms with van der Waals surface area (Å²) in [6.45, 7) is 4.02. The van der Waals surface area contributed by atoms with E-state index >= 15 is 0 Å². The zero-order valence-electron chi connectivity index (χ0n) is 16.7. The van der Waals surface area contributed by atoms with Crippen molar-refractivity contribution in [2.45, 2.75) is 19.0 Å². The highest BCUT2D eigenvalue weighted by Crippen LogP contribution is 2.28. The highest BCUT2D eigenvalue weighted by molar-refractivity contribution is 7.99. The van der Waals surface area contributed by atoms with Gasteiger partial charge in [0.15, 0.2) is 11.0 Å². The lowest BCUT2D eigenvalue weighted by molar-refractivity contribution is -0.113. The van der Waals surface area contributed by atoms with Crippen LogP contribution in [0.5, 0.6) is 0 Å². The molecule has 1 N–H and O–H groups in total. The number of nitrogens with zero attached hydrogens (tertiary/aromatic N) is 4. The van der Waals surface area contributed by atoms with Gasteiger partial charge in [0.1, 0.15) is 0 Å². The molecule has 7 heteroatoms. The topological polar surface area (TPSA) is 72.7 Å². The fourth-order valence-corrected chi connectivity index (χ4v) is 3.88. The number of amides is 1. The Morgan fingerprint density at radius 3 is 2.50 bits per heavy atom. The van der Waals surface area contributed by atoms with Crippen molar-refractivity contribution in [1.29, 1.82) is 0 Å². The van der Waals surface area contributed by atoms with Gasteiger partial charge in [0.2, 0.25) is 5.91 Å². The van der Waals surface area contributed by atoms with E-state index in [1.54, 1.807) is 12.4 Å². The molecule has 0 aliphatic heterocycles. The molecule has 0 fully saturated rings. The number of thioether (sulfide) groups is 1. The Bertz CT molecular complexity index is 1160. The third kappa shape index (κ3) is 4.41. The van der Waals surface area contributed by atoms with Crippen molar-refractivity contribution >= 4 is 23.4 Å². The molecule has 2 aromatic heterocycles. The summed E-state index contributed by atoms with van der Waals surface area (Å²) in [6, 6.07) is 19.6.